The largest absolute Gasteiger partial charge is 0.0985 e. The minimum Gasteiger partial charge on any atom is -0.0985 e. The van der Waals surface area contributed by atoms with Gasteiger partial charge in [0.05, 0.1) is 0 Å². The molecule has 0 heterocycles. The van der Waals surface area contributed by atoms with Gasteiger partial charge in [0.1, 0.15) is 0 Å². The Hall–Kier alpha value is -1.56. The highest BCUT2D eigenvalue weighted by atomic mass is 14.1. The summed E-state index contributed by atoms with van der Waals surface area (Å²) < 4.78 is 0. The van der Waals surface area contributed by atoms with Gasteiger partial charge in [-0.05, 0) is 50.8 Å². The lowest BCUT2D eigenvalue weighted by Crippen LogP contribution is -1.95. The lowest BCUT2D eigenvalue weighted by atomic mass is 9.95. The molecule has 0 saturated heterocycles. The fraction of sp³-hybridized carbons (Fsp3) is 0.294. The second-order valence-electron chi connectivity index (χ2n) is 4.57. The molecule has 0 bridgehead atoms. The monoisotopic (exact) mass is 226 g/mol. The van der Waals surface area contributed by atoms with Gasteiger partial charge in [-0.15, -0.1) is 0 Å². The summed E-state index contributed by atoms with van der Waals surface area (Å²) in [6.07, 6.45) is 5.07. The van der Waals surface area contributed by atoms with Crippen LogP contribution in [-0.2, 0) is 6.42 Å². The molecule has 1 aromatic carbocycles. The molecule has 0 spiro atoms. The van der Waals surface area contributed by atoms with Crippen molar-refractivity contribution < 1.29 is 0 Å². The number of benzene rings is 1. The van der Waals surface area contributed by atoms with Gasteiger partial charge in [0.2, 0.25) is 0 Å². The van der Waals surface area contributed by atoms with Gasteiger partial charge in [0, 0.05) is 0 Å². The number of allylic oxidation sites excluding steroid dienone is 4. The summed E-state index contributed by atoms with van der Waals surface area (Å²) in [6.45, 7) is 12.4. The van der Waals surface area contributed by atoms with Gasteiger partial charge in [0.15, 0.2) is 0 Å². The Bertz CT molecular complexity index is 437. The first-order valence-corrected chi connectivity index (χ1v) is 6.09. The molecule has 90 valence electrons. The molecule has 0 aromatic heterocycles. The zero-order valence-corrected chi connectivity index (χ0v) is 11.4. The molecule has 0 unspecified atom stereocenters. The number of hydrogen-bond donors (Lipinski definition) is 0. The number of rotatable bonds is 4. The van der Waals surface area contributed by atoms with Crippen molar-refractivity contribution in [3.63, 3.8) is 0 Å². The van der Waals surface area contributed by atoms with Crippen molar-refractivity contribution in [3.8, 4) is 0 Å². The second-order valence-corrected chi connectivity index (χ2v) is 4.57. The fourth-order valence-corrected chi connectivity index (χ4v) is 1.86. The Morgan fingerprint density at radius 2 is 1.71 bits per heavy atom. The van der Waals surface area contributed by atoms with Crippen molar-refractivity contribution in [1.82, 2.24) is 0 Å². The summed E-state index contributed by atoms with van der Waals surface area (Å²) >= 11 is 0. The molecule has 0 atom stereocenters. The fourth-order valence-electron chi connectivity index (χ4n) is 1.86. The van der Waals surface area contributed by atoms with Crippen LogP contribution in [-0.4, -0.2) is 0 Å². The molecule has 1 rings (SSSR count). The summed E-state index contributed by atoms with van der Waals surface area (Å²) in [5.74, 6) is 0. The van der Waals surface area contributed by atoms with Crippen LogP contribution in [0.25, 0.3) is 6.08 Å². The first kappa shape index (κ1) is 13.5. The van der Waals surface area contributed by atoms with Crippen LogP contribution in [0.2, 0.25) is 0 Å². The molecule has 0 heteroatoms. The predicted octanol–water partition coefficient (Wildman–Crippen LogP) is 5.17. The van der Waals surface area contributed by atoms with E-state index < -0.39 is 0 Å². The Morgan fingerprint density at radius 3 is 2.12 bits per heavy atom. The maximum Gasteiger partial charge on any atom is -0.00239 e. The van der Waals surface area contributed by atoms with Gasteiger partial charge in [0.25, 0.3) is 0 Å². The van der Waals surface area contributed by atoms with Crippen molar-refractivity contribution >= 4 is 6.08 Å². The maximum atomic E-state index is 3.77. The lowest BCUT2D eigenvalue weighted by molar-refractivity contribution is 1.09. The topological polar surface area (TPSA) is 0 Å². The molecular weight excluding hydrogens is 204 g/mol. The standard InChI is InChI=1S/C17H22/c1-6-14(5)17(13(3)4)12-16-10-8-15(7-2)9-11-16/h6-11H,2,12H2,1,3-5H3/b14-6-. The third-order valence-electron chi connectivity index (χ3n) is 3.11. The van der Waals surface area contributed by atoms with Gasteiger partial charge in [-0.1, -0.05) is 54.1 Å². The molecule has 0 radical (unpaired) electrons. The molecule has 0 amide bonds. The smallest absolute Gasteiger partial charge is 0.00239 e. The van der Waals surface area contributed by atoms with Crippen molar-refractivity contribution in [2.24, 2.45) is 0 Å². The van der Waals surface area contributed by atoms with Gasteiger partial charge < -0.3 is 0 Å². The summed E-state index contributed by atoms with van der Waals surface area (Å²) in [7, 11) is 0. The minimum atomic E-state index is 1.01. The van der Waals surface area contributed by atoms with E-state index in [9.17, 15) is 0 Å². The Morgan fingerprint density at radius 1 is 1.12 bits per heavy atom. The van der Waals surface area contributed by atoms with E-state index in [1.165, 1.54) is 27.8 Å². The molecule has 1 aromatic rings. The first-order valence-electron chi connectivity index (χ1n) is 6.09. The quantitative estimate of drug-likeness (QED) is 0.621. The van der Waals surface area contributed by atoms with Crippen molar-refractivity contribution in [1.29, 1.82) is 0 Å². The third kappa shape index (κ3) is 3.74. The highest BCUT2D eigenvalue weighted by Gasteiger charge is 2.03. The van der Waals surface area contributed by atoms with Gasteiger partial charge in [-0.2, -0.15) is 0 Å². The molecule has 0 saturated carbocycles. The second kappa shape index (κ2) is 6.24. The average Bonchev–Trinajstić information content (AvgIpc) is 2.35. The van der Waals surface area contributed by atoms with Crippen LogP contribution in [0, 0.1) is 0 Å². The van der Waals surface area contributed by atoms with Crippen molar-refractivity contribution in [3.05, 3.63) is 64.8 Å². The lowest BCUT2D eigenvalue weighted by Gasteiger charge is -2.11. The van der Waals surface area contributed by atoms with Crippen LogP contribution in [0.3, 0.4) is 0 Å². The first-order chi connectivity index (χ1) is 8.08. The highest BCUT2D eigenvalue weighted by molar-refractivity contribution is 5.48. The molecular formula is C17H22. The highest BCUT2D eigenvalue weighted by Crippen LogP contribution is 2.20. The van der Waals surface area contributed by atoms with Crippen LogP contribution in [0.1, 0.15) is 38.8 Å². The normalized spacial score (nSPS) is 11.2. The predicted molar refractivity (Wildman–Crippen MR) is 78.0 cm³/mol. The summed E-state index contributed by atoms with van der Waals surface area (Å²) in [4.78, 5) is 0. The van der Waals surface area contributed by atoms with E-state index in [0.29, 0.717) is 0 Å². The third-order valence-corrected chi connectivity index (χ3v) is 3.11. The van der Waals surface area contributed by atoms with E-state index in [1.807, 2.05) is 6.08 Å². The van der Waals surface area contributed by atoms with Crippen LogP contribution in [0.5, 0.6) is 0 Å². The van der Waals surface area contributed by atoms with Crippen LogP contribution < -0.4 is 0 Å². The van der Waals surface area contributed by atoms with Crippen LogP contribution >= 0.6 is 0 Å². The zero-order chi connectivity index (χ0) is 12.8. The van der Waals surface area contributed by atoms with Gasteiger partial charge >= 0.3 is 0 Å². The summed E-state index contributed by atoms with van der Waals surface area (Å²) in [6, 6.07) is 8.61. The zero-order valence-electron chi connectivity index (χ0n) is 11.4. The maximum absolute atomic E-state index is 3.77. The summed E-state index contributed by atoms with van der Waals surface area (Å²) in [5, 5.41) is 0. The molecule has 17 heavy (non-hydrogen) atoms. The molecule has 0 aliphatic heterocycles. The van der Waals surface area contributed by atoms with E-state index >= 15 is 0 Å². The Kier molecular flexibility index (Phi) is 4.96. The SMILES string of the molecule is C=Cc1ccc(CC(=C(C)C)/C(C)=C\C)cc1. The average molecular weight is 226 g/mol. The molecule has 0 N–H and O–H groups in total. The Labute approximate surface area is 105 Å². The molecule has 0 aliphatic carbocycles. The summed E-state index contributed by atoms with van der Waals surface area (Å²) in [5.41, 5.74) is 6.74. The van der Waals surface area contributed by atoms with E-state index in [-0.39, 0.29) is 0 Å². The number of hydrogen-bond acceptors (Lipinski definition) is 0. The van der Waals surface area contributed by atoms with Crippen molar-refractivity contribution in [2.45, 2.75) is 34.1 Å². The van der Waals surface area contributed by atoms with Crippen molar-refractivity contribution in [2.75, 3.05) is 0 Å². The van der Waals surface area contributed by atoms with E-state index in [0.717, 1.165) is 6.42 Å². The molecule has 0 fully saturated rings. The molecule has 0 aliphatic rings. The van der Waals surface area contributed by atoms with Gasteiger partial charge in [-0.3, -0.25) is 0 Å². The molecule has 0 nitrogen and oxygen atoms in total. The van der Waals surface area contributed by atoms with Crippen LogP contribution in [0.4, 0.5) is 0 Å². The van der Waals surface area contributed by atoms with E-state index in [2.05, 4.69) is 64.6 Å². The van der Waals surface area contributed by atoms with E-state index in [4.69, 9.17) is 0 Å². The van der Waals surface area contributed by atoms with E-state index in [1.54, 1.807) is 0 Å². The Balaban J connectivity index is 2.95. The minimum absolute atomic E-state index is 1.01. The van der Waals surface area contributed by atoms with Gasteiger partial charge in [-0.25, -0.2) is 0 Å². The van der Waals surface area contributed by atoms with Crippen LogP contribution in [0.15, 0.2) is 53.6 Å².